The molecule has 0 saturated heterocycles. The Hall–Kier alpha value is -4.04. The SMILES string of the molecule is COc1ccccc1Cc1csc(NC(=O)C2(C)CC3([N+](=O)[O-])c4ccccc4C2c2ccccc23)n1. The number of carbonyl (C=O) groups excluding carboxylic acids is 1. The van der Waals surface area contributed by atoms with Crippen LogP contribution < -0.4 is 10.1 Å². The molecule has 1 heterocycles. The van der Waals surface area contributed by atoms with E-state index in [1.165, 1.54) is 11.3 Å². The van der Waals surface area contributed by atoms with Gasteiger partial charge in [0.25, 0.3) is 5.54 Å². The number of anilines is 1. The van der Waals surface area contributed by atoms with Crippen molar-refractivity contribution in [1.29, 1.82) is 0 Å². The van der Waals surface area contributed by atoms with E-state index >= 15 is 0 Å². The maximum absolute atomic E-state index is 13.9. The van der Waals surface area contributed by atoms with Crippen molar-refractivity contribution >= 4 is 22.4 Å². The third-order valence-corrected chi connectivity index (χ3v) is 8.67. The van der Waals surface area contributed by atoms with Gasteiger partial charge in [0.1, 0.15) is 5.75 Å². The van der Waals surface area contributed by atoms with E-state index in [0.717, 1.165) is 28.1 Å². The van der Waals surface area contributed by atoms with Gasteiger partial charge in [-0.25, -0.2) is 4.98 Å². The number of methoxy groups -OCH3 is 1. The van der Waals surface area contributed by atoms with Crippen LogP contribution in [-0.4, -0.2) is 22.9 Å². The van der Waals surface area contributed by atoms with Crippen LogP contribution in [0.5, 0.6) is 5.75 Å². The molecule has 1 N–H and O–H groups in total. The van der Waals surface area contributed by atoms with Gasteiger partial charge in [0.05, 0.1) is 18.2 Å². The molecule has 0 spiro atoms. The first kappa shape index (κ1) is 23.4. The second kappa shape index (κ2) is 8.52. The van der Waals surface area contributed by atoms with E-state index in [1.807, 2.05) is 85.1 Å². The molecule has 0 aliphatic heterocycles. The highest BCUT2D eigenvalue weighted by Crippen LogP contribution is 2.64. The van der Waals surface area contributed by atoms with Crippen LogP contribution in [-0.2, 0) is 16.8 Å². The number of rotatable bonds is 6. The first-order chi connectivity index (χ1) is 17.9. The molecule has 7 nitrogen and oxygen atoms in total. The lowest BCUT2D eigenvalue weighted by Crippen LogP contribution is -2.57. The zero-order chi connectivity index (χ0) is 25.8. The predicted octanol–water partition coefficient (Wildman–Crippen LogP) is 5.76. The third-order valence-electron chi connectivity index (χ3n) is 7.86. The van der Waals surface area contributed by atoms with Gasteiger partial charge in [-0.05, 0) is 24.1 Å². The molecule has 1 unspecified atom stereocenters. The molecule has 7 rings (SSSR count). The summed E-state index contributed by atoms with van der Waals surface area (Å²) in [6, 6.07) is 22.7. The predicted molar refractivity (Wildman–Crippen MR) is 142 cm³/mol. The lowest BCUT2D eigenvalue weighted by molar-refractivity contribution is -0.573. The number of benzene rings is 3. The summed E-state index contributed by atoms with van der Waals surface area (Å²) in [5, 5.41) is 18.2. The minimum absolute atomic E-state index is 0.0803. The number of thiazole rings is 1. The van der Waals surface area contributed by atoms with Crippen LogP contribution in [0.4, 0.5) is 5.13 Å². The average molecular weight is 512 g/mol. The van der Waals surface area contributed by atoms with Crippen molar-refractivity contribution in [3.05, 3.63) is 122 Å². The first-order valence-corrected chi connectivity index (χ1v) is 13.0. The smallest absolute Gasteiger partial charge is 0.273 e. The number of para-hydroxylation sites is 1. The van der Waals surface area contributed by atoms with Gasteiger partial charge in [-0.1, -0.05) is 66.7 Å². The maximum Gasteiger partial charge on any atom is 0.273 e. The van der Waals surface area contributed by atoms with Crippen LogP contribution >= 0.6 is 11.3 Å². The normalized spacial score (nSPS) is 23.1. The Morgan fingerprint density at radius 2 is 1.70 bits per heavy atom. The minimum atomic E-state index is -1.48. The Labute approximate surface area is 218 Å². The molecule has 1 atom stereocenters. The summed E-state index contributed by atoms with van der Waals surface area (Å²) >= 11 is 1.35. The number of carbonyl (C=O) groups is 1. The molecule has 3 aromatic carbocycles. The molecule has 4 aromatic rings. The number of nitrogens with zero attached hydrogens (tertiary/aromatic N) is 2. The van der Waals surface area contributed by atoms with E-state index in [0.29, 0.717) is 22.7 Å². The van der Waals surface area contributed by atoms with Gasteiger partial charge >= 0.3 is 0 Å². The summed E-state index contributed by atoms with van der Waals surface area (Å²) < 4.78 is 5.45. The standard InChI is InChI=1S/C29H25N3O4S/c1-28(26(33)31-27-30-19(16-37-27)15-18-9-3-8-14-24(18)36-2)17-29(32(34)35)22-12-6-4-10-20(22)25(28)21-11-5-7-13-23(21)29/h3-14,16,25H,15,17H2,1-2H3,(H,30,31,33). The van der Waals surface area contributed by atoms with Crippen molar-refractivity contribution in [3.63, 3.8) is 0 Å². The molecular weight excluding hydrogens is 486 g/mol. The highest BCUT2D eigenvalue weighted by Gasteiger charge is 2.67. The fraction of sp³-hybridized carbons (Fsp3) is 0.241. The van der Waals surface area contributed by atoms with Crippen LogP contribution in [0.25, 0.3) is 0 Å². The molecule has 0 fully saturated rings. The lowest BCUT2D eigenvalue weighted by atomic mass is 9.49. The number of fused-ring (bicyclic) bond motifs is 1. The van der Waals surface area contributed by atoms with Crippen LogP contribution in [0.3, 0.4) is 0 Å². The summed E-state index contributed by atoms with van der Waals surface area (Å²) in [6.07, 6.45) is 0.651. The van der Waals surface area contributed by atoms with E-state index in [2.05, 4.69) is 10.3 Å². The van der Waals surface area contributed by atoms with Crippen molar-refractivity contribution in [2.75, 3.05) is 12.4 Å². The summed E-state index contributed by atoms with van der Waals surface area (Å²) in [5.74, 6) is 0.231. The number of ether oxygens (including phenoxy) is 1. The number of aromatic nitrogens is 1. The summed E-state index contributed by atoms with van der Waals surface area (Å²) in [4.78, 5) is 31.2. The van der Waals surface area contributed by atoms with E-state index < -0.39 is 11.0 Å². The Kier molecular flexibility index (Phi) is 5.38. The maximum atomic E-state index is 13.9. The Morgan fingerprint density at radius 3 is 2.35 bits per heavy atom. The number of amides is 1. The highest BCUT2D eigenvalue weighted by molar-refractivity contribution is 7.13. The van der Waals surface area contributed by atoms with Gasteiger partial charge in [0.15, 0.2) is 5.13 Å². The van der Waals surface area contributed by atoms with Gasteiger partial charge in [-0.2, -0.15) is 0 Å². The summed E-state index contributed by atoms with van der Waals surface area (Å²) in [5.41, 5.74) is 2.36. The Bertz CT molecular complexity index is 1500. The molecule has 0 radical (unpaired) electrons. The fourth-order valence-electron chi connectivity index (χ4n) is 6.28. The van der Waals surface area contributed by atoms with E-state index in [1.54, 1.807) is 7.11 Å². The Morgan fingerprint density at radius 1 is 1.08 bits per heavy atom. The lowest BCUT2D eigenvalue weighted by Gasteiger charge is -2.52. The first-order valence-electron chi connectivity index (χ1n) is 12.1. The van der Waals surface area contributed by atoms with Crippen molar-refractivity contribution in [1.82, 2.24) is 4.98 Å². The number of hydrogen-bond acceptors (Lipinski definition) is 6. The van der Waals surface area contributed by atoms with Crippen LogP contribution in [0, 0.1) is 15.5 Å². The molecule has 1 amide bonds. The van der Waals surface area contributed by atoms with Gasteiger partial charge in [0.2, 0.25) is 5.91 Å². The van der Waals surface area contributed by atoms with Gasteiger partial charge in [-0.15, -0.1) is 11.3 Å². The largest absolute Gasteiger partial charge is 0.496 e. The highest BCUT2D eigenvalue weighted by atomic mass is 32.1. The molecule has 3 aliphatic carbocycles. The van der Waals surface area contributed by atoms with Gasteiger partial charge in [0, 0.05) is 45.8 Å². The van der Waals surface area contributed by atoms with Crippen LogP contribution in [0.1, 0.15) is 52.8 Å². The zero-order valence-corrected chi connectivity index (χ0v) is 21.2. The van der Waals surface area contributed by atoms with Crippen LogP contribution in [0.15, 0.2) is 78.2 Å². The molecule has 0 saturated carbocycles. The zero-order valence-electron chi connectivity index (χ0n) is 20.4. The second-order valence-corrected chi connectivity index (χ2v) is 10.8. The fourth-order valence-corrected chi connectivity index (χ4v) is 6.98. The van der Waals surface area contributed by atoms with E-state index in [-0.39, 0.29) is 23.2 Å². The minimum Gasteiger partial charge on any atom is -0.496 e. The monoisotopic (exact) mass is 511 g/mol. The quantitative estimate of drug-likeness (QED) is 0.262. The van der Waals surface area contributed by atoms with Crippen molar-refractivity contribution in [3.8, 4) is 5.75 Å². The molecule has 8 heteroatoms. The average Bonchev–Trinajstić information content (AvgIpc) is 3.35. The third kappa shape index (κ3) is 3.39. The van der Waals surface area contributed by atoms with Crippen molar-refractivity contribution in [2.45, 2.75) is 31.2 Å². The van der Waals surface area contributed by atoms with Crippen LogP contribution in [0.2, 0.25) is 0 Å². The number of hydrogen-bond donors (Lipinski definition) is 1. The van der Waals surface area contributed by atoms with Gasteiger partial charge in [-0.3, -0.25) is 14.9 Å². The summed E-state index contributed by atoms with van der Waals surface area (Å²) in [6.45, 7) is 1.85. The molecule has 186 valence electrons. The molecule has 1 aromatic heterocycles. The number of nitrogens with one attached hydrogen (secondary N) is 1. The second-order valence-electron chi connectivity index (χ2n) is 9.91. The van der Waals surface area contributed by atoms with Crippen molar-refractivity contribution < 1.29 is 14.5 Å². The summed E-state index contributed by atoms with van der Waals surface area (Å²) in [7, 11) is 1.64. The molecule has 2 bridgehead atoms. The van der Waals surface area contributed by atoms with Crippen molar-refractivity contribution in [2.24, 2.45) is 5.41 Å². The molecular formula is C29H25N3O4S. The topological polar surface area (TPSA) is 94.4 Å². The van der Waals surface area contributed by atoms with Gasteiger partial charge < -0.3 is 10.1 Å². The molecule has 37 heavy (non-hydrogen) atoms. The van der Waals surface area contributed by atoms with E-state index in [9.17, 15) is 14.9 Å². The molecule has 3 aliphatic rings. The Balaban J connectivity index is 1.36. The number of nitro groups is 1. The van der Waals surface area contributed by atoms with E-state index in [4.69, 9.17) is 4.74 Å².